The maximum absolute atomic E-state index is 12.6. The zero-order chi connectivity index (χ0) is 13.9. The van der Waals surface area contributed by atoms with Crippen LogP contribution in [-0.2, 0) is 22.1 Å². The number of nitrogens with two attached hydrogens (primary N) is 1. The molecule has 0 fully saturated rings. The molecule has 7 heteroatoms. The molecule has 0 atom stereocenters. The molecule has 0 saturated heterocycles. The lowest BCUT2D eigenvalue weighted by Gasteiger charge is -2.13. The van der Waals surface area contributed by atoms with Crippen LogP contribution in [0.1, 0.15) is 18.1 Å². The molecule has 0 aromatic heterocycles. The minimum atomic E-state index is -4.49. The summed E-state index contributed by atoms with van der Waals surface area (Å²) in [7, 11) is 0. The Morgan fingerprint density at radius 2 is 2.06 bits per heavy atom. The van der Waals surface area contributed by atoms with Crippen LogP contribution in [0, 0.1) is 0 Å². The van der Waals surface area contributed by atoms with E-state index in [1.165, 1.54) is 6.07 Å². The number of hydrogen-bond donors (Lipinski definition) is 1. The van der Waals surface area contributed by atoms with Crippen LogP contribution in [0.4, 0.5) is 18.9 Å². The SMILES string of the molecule is CCOC(=O)Cc1cc(Br)c(C(F)(F)F)cc1N. The van der Waals surface area contributed by atoms with Crippen LogP contribution in [-0.4, -0.2) is 12.6 Å². The summed E-state index contributed by atoms with van der Waals surface area (Å²) in [5, 5.41) is 0. The summed E-state index contributed by atoms with van der Waals surface area (Å²) in [6.45, 7) is 1.85. The van der Waals surface area contributed by atoms with E-state index >= 15 is 0 Å². The zero-order valence-electron chi connectivity index (χ0n) is 9.47. The fourth-order valence-electron chi connectivity index (χ4n) is 1.37. The van der Waals surface area contributed by atoms with Gasteiger partial charge in [0.25, 0.3) is 0 Å². The van der Waals surface area contributed by atoms with Crippen LogP contribution in [0.2, 0.25) is 0 Å². The molecule has 1 aromatic carbocycles. The second kappa shape index (κ2) is 5.60. The second-order valence-corrected chi connectivity index (χ2v) is 4.36. The molecule has 0 unspecified atom stereocenters. The van der Waals surface area contributed by atoms with Gasteiger partial charge < -0.3 is 10.5 Å². The number of esters is 1. The van der Waals surface area contributed by atoms with Gasteiger partial charge in [0.15, 0.2) is 0 Å². The monoisotopic (exact) mass is 325 g/mol. The normalized spacial score (nSPS) is 11.4. The Labute approximate surface area is 110 Å². The Hall–Kier alpha value is -1.24. The third kappa shape index (κ3) is 3.63. The number of alkyl halides is 3. The lowest BCUT2D eigenvalue weighted by Crippen LogP contribution is -2.12. The average Bonchev–Trinajstić information content (AvgIpc) is 2.21. The smallest absolute Gasteiger partial charge is 0.417 e. The molecule has 0 aliphatic rings. The van der Waals surface area contributed by atoms with Gasteiger partial charge in [-0.05, 0) is 24.6 Å². The second-order valence-electron chi connectivity index (χ2n) is 3.51. The molecule has 0 aliphatic heterocycles. The molecule has 0 radical (unpaired) electrons. The van der Waals surface area contributed by atoms with Crippen molar-refractivity contribution in [1.82, 2.24) is 0 Å². The minimum Gasteiger partial charge on any atom is -0.466 e. The number of carbonyl (C=O) groups excluding carboxylic acids is 1. The first kappa shape index (κ1) is 14.8. The summed E-state index contributed by atoms with van der Waals surface area (Å²) < 4.78 is 42.3. The predicted octanol–water partition coefficient (Wildman–Crippen LogP) is 3.16. The van der Waals surface area contributed by atoms with E-state index in [1.54, 1.807) is 6.92 Å². The van der Waals surface area contributed by atoms with E-state index in [2.05, 4.69) is 15.9 Å². The molecule has 0 spiro atoms. The van der Waals surface area contributed by atoms with Crippen molar-refractivity contribution < 1.29 is 22.7 Å². The number of ether oxygens (including phenoxy) is 1. The van der Waals surface area contributed by atoms with Crippen molar-refractivity contribution in [2.24, 2.45) is 0 Å². The van der Waals surface area contributed by atoms with Crippen molar-refractivity contribution in [2.45, 2.75) is 19.5 Å². The zero-order valence-corrected chi connectivity index (χ0v) is 11.1. The van der Waals surface area contributed by atoms with Crippen LogP contribution in [0.25, 0.3) is 0 Å². The molecule has 1 rings (SSSR count). The van der Waals surface area contributed by atoms with E-state index in [-0.39, 0.29) is 23.2 Å². The number of benzene rings is 1. The van der Waals surface area contributed by atoms with Crippen LogP contribution >= 0.6 is 15.9 Å². The lowest BCUT2D eigenvalue weighted by molar-refractivity contribution is -0.142. The molecule has 100 valence electrons. The Bertz CT molecular complexity index is 460. The van der Waals surface area contributed by atoms with Crippen LogP contribution in [0.5, 0.6) is 0 Å². The van der Waals surface area contributed by atoms with E-state index in [4.69, 9.17) is 10.5 Å². The van der Waals surface area contributed by atoms with Gasteiger partial charge in [0, 0.05) is 10.2 Å². The Balaban J connectivity index is 3.04. The molecule has 3 nitrogen and oxygen atoms in total. The summed E-state index contributed by atoms with van der Waals surface area (Å²) in [6, 6.07) is 1.99. The largest absolute Gasteiger partial charge is 0.466 e. The number of carbonyl (C=O) groups is 1. The average molecular weight is 326 g/mol. The number of nitrogen functional groups attached to an aromatic ring is 1. The molecule has 2 N–H and O–H groups in total. The van der Waals surface area contributed by atoms with Crippen molar-refractivity contribution in [3.63, 3.8) is 0 Å². The van der Waals surface area contributed by atoms with Gasteiger partial charge in [0.2, 0.25) is 0 Å². The lowest BCUT2D eigenvalue weighted by atomic mass is 10.1. The summed E-state index contributed by atoms with van der Waals surface area (Å²) >= 11 is 2.82. The number of rotatable bonds is 3. The molecule has 0 amide bonds. The Morgan fingerprint density at radius 3 is 2.56 bits per heavy atom. The summed E-state index contributed by atoms with van der Waals surface area (Å²) in [4.78, 5) is 11.2. The van der Waals surface area contributed by atoms with Crippen LogP contribution in [0.15, 0.2) is 16.6 Å². The highest BCUT2D eigenvalue weighted by molar-refractivity contribution is 9.10. The van der Waals surface area contributed by atoms with Gasteiger partial charge in [-0.1, -0.05) is 15.9 Å². The highest BCUT2D eigenvalue weighted by Crippen LogP contribution is 2.37. The van der Waals surface area contributed by atoms with Crippen LogP contribution in [0.3, 0.4) is 0 Å². The molecule has 18 heavy (non-hydrogen) atoms. The van der Waals surface area contributed by atoms with Crippen molar-refractivity contribution in [1.29, 1.82) is 0 Å². The third-order valence-corrected chi connectivity index (χ3v) is 2.83. The van der Waals surface area contributed by atoms with E-state index in [0.29, 0.717) is 5.56 Å². The fraction of sp³-hybridized carbons (Fsp3) is 0.364. The molecule has 0 aliphatic carbocycles. The van der Waals surface area contributed by atoms with Gasteiger partial charge in [0.05, 0.1) is 18.6 Å². The van der Waals surface area contributed by atoms with E-state index in [9.17, 15) is 18.0 Å². The standard InChI is InChI=1S/C11H11BrF3NO2/c1-2-18-10(17)4-6-3-8(12)7(5-9(6)16)11(13,14)15/h3,5H,2,4,16H2,1H3. The topological polar surface area (TPSA) is 52.3 Å². The van der Waals surface area contributed by atoms with Gasteiger partial charge in [-0.15, -0.1) is 0 Å². The molecular formula is C11H11BrF3NO2. The van der Waals surface area contributed by atoms with Gasteiger partial charge in [-0.3, -0.25) is 4.79 Å². The molecular weight excluding hydrogens is 315 g/mol. The highest BCUT2D eigenvalue weighted by Gasteiger charge is 2.33. The quantitative estimate of drug-likeness (QED) is 0.686. The van der Waals surface area contributed by atoms with Crippen molar-refractivity contribution in [2.75, 3.05) is 12.3 Å². The molecule has 0 saturated carbocycles. The maximum atomic E-state index is 12.6. The predicted molar refractivity (Wildman–Crippen MR) is 63.9 cm³/mol. The summed E-state index contributed by atoms with van der Waals surface area (Å²) in [5.41, 5.74) is 4.85. The Kier molecular flexibility index (Phi) is 4.61. The molecule has 1 aromatic rings. The van der Waals surface area contributed by atoms with Gasteiger partial charge >= 0.3 is 12.1 Å². The van der Waals surface area contributed by atoms with Crippen molar-refractivity contribution in [3.8, 4) is 0 Å². The molecule has 0 heterocycles. The highest BCUT2D eigenvalue weighted by atomic mass is 79.9. The first-order chi connectivity index (χ1) is 8.25. The van der Waals surface area contributed by atoms with Gasteiger partial charge in [-0.25, -0.2) is 0 Å². The Morgan fingerprint density at radius 1 is 1.44 bits per heavy atom. The fourth-order valence-corrected chi connectivity index (χ4v) is 1.98. The van der Waals surface area contributed by atoms with Crippen LogP contribution < -0.4 is 5.73 Å². The van der Waals surface area contributed by atoms with E-state index < -0.39 is 17.7 Å². The first-order valence-corrected chi connectivity index (χ1v) is 5.85. The van der Waals surface area contributed by atoms with E-state index in [0.717, 1.165) is 6.07 Å². The third-order valence-electron chi connectivity index (χ3n) is 2.17. The van der Waals surface area contributed by atoms with Gasteiger partial charge in [-0.2, -0.15) is 13.2 Å². The number of anilines is 1. The summed E-state index contributed by atoms with van der Waals surface area (Å²) in [6.07, 6.45) is -4.65. The number of hydrogen-bond acceptors (Lipinski definition) is 3. The van der Waals surface area contributed by atoms with Crippen molar-refractivity contribution >= 4 is 27.6 Å². The van der Waals surface area contributed by atoms with Gasteiger partial charge in [0.1, 0.15) is 0 Å². The van der Waals surface area contributed by atoms with Crippen molar-refractivity contribution in [3.05, 3.63) is 27.7 Å². The van der Waals surface area contributed by atoms with E-state index in [1.807, 2.05) is 0 Å². The first-order valence-electron chi connectivity index (χ1n) is 5.06. The maximum Gasteiger partial charge on any atom is 0.417 e. The molecule has 0 bridgehead atoms. The number of halogens is 4. The minimum absolute atomic E-state index is 0.0846. The summed E-state index contributed by atoms with van der Waals surface area (Å²) in [5.74, 6) is -0.532.